The summed E-state index contributed by atoms with van der Waals surface area (Å²) in [6.45, 7) is 1.32. The SMILES string of the molecule is C[C@]1(OC(=O)/C=C\c2ccccc2)C[C@@H](O)C2C=CO[C@@H](O[C@@H]3C[C@H](CO)[C@@H](O)[C@H](O)[C@H]3O)C21. The van der Waals surface area contributed by atoms with Gasteiger partial charge >= 0.3 is 5.97 Å². The van der Waals surface area contributed by atoms with Crippen LogP contribution in [0.1, 0.15) is 25.3 Å². The smallest absolute Gasteiger partial charge is 0.331 e. The van der Waals surface area contributed by atoms with Crippen molar-refractivity contribution in [3.05, 3.63) is 54.3 Å². The van der Waals surface area contributed by atoms with Crippen LogP contribution in [0.5, 0.6) is 0 Å². The van der Waals surface area contributed by atoms with E-state index in [9.17, 15) is 30.3 Å². The van der Waals surface area contributed by atoms with Crippen LogP contribution in [0, 0.1) is 17.8 Å². The number of fused-ring (bicyclic) bond motifs is 1. The number of hydrogen-bond acceptors (Lipinski definition) is 9. The minimum Gasteiger partial charge on any atom is -0.472 e. The molecule has 2 fully saturated rings. The van der Waals surface area contributed by atoms with E-state index in [1.165, 1.54) is 12.3 Å². The molecule has 4 rings (SSSR count). The highest BCUT2D eigenvalue weighted by molar-refractivity contribution is 5.87. The first-order valence-corrected chi connectivity index (χ1v) is 11.5. The summed E-state index contributed by atoms with van der Waals surface area (Å²) in [6, 6.07) is 9.29. The molecule has 0 amide bonds. The van der Waals surface area contributed by atoms with Gasteiger partial charge in [0.1, 0.15) is 17.8 Å². The number of aliphatic hydroxyl groups is 5. The van der Waals surface area contributed by atoms with Gasteiger partial charge in [-0.25, -0.2) is 4.79 Å². The third-order valence-corrected chi connectivity index (χ3v) is 7.17. The lowest BCUT2D eigenvalue weighted by atomic mass is 9.80. The molecule has 1 aromatic carbocycles. The molecule has 10 atom stereocenters. The number of hydrogen-bond donors (Lipinski definition) is 5. The number of carbonyl (C=O) groups is 1. The molecule has 1 heterocycles. The Balaban J connectivity index is 1.50. The lowest BCUT2D eigenvalue weighted by Gasteiger charge is -2.44. The largest absolute Gasteiger partial charge is 0.472 e. The standard InChI is InChI=1S/C25H32O9/c1-25(34-19(28)8-7-14-5-3-2-4-6-14)12-17(27)16-9-10-32-24(20(16)25)33-18-11-15(13-26)21(29)23(31)22(18)30/h2-10,15-18,20-24,26-27,29-31H,11-13H2,1H3/b8-7-/t15-,16?,17-,18-,20?,21-,22+,23+,24+,25+/m1/s1. The van der Waals surface area contributed by atoms with E-state index < -0.39 is 66.1 Å². The predicted octanol–water partition coefficient (Wildman–Crippen LogP) is 0.349. The molecule has 1 aliphatic heterocycles. The van der Waals surface area contributed by atoms with Gasteiger partial charge in [0.2, 0.25) is 6.29 Å². The van der Waals surface area contributed by atoms with E-state index in [4.69, 9.17) is 14.2 Å². The van der Waals surface area contributed by atoms with Crippen LogP contribution in [0.15, 0.2) is 48.7 Å². The van der Waals surface area contributed by atoms with Gasteiger partial charge in [0.25, 0.3) is 0 Å². The highest BCUT2D eigenvalue weighted by Crippen LogP contribution is 2.49. The number of carbonyl (C=O) groups excluding carboxylic acids is 1. The van der Waals surface area contributed by atoms with Crippen LogP contribution >= 0.6 is 0 Å². The third-order valence-electron chi connectivity index (χ3n) is 7.17. The van der Waals surface area contributed by atoms with Crippen LogP contribution in [-0.4, -0.2) is 80.5 Å². The number of rotatable bonds is 6. The summed E-state index contributed by atoms with van der Waals surface area (Å²) in [6.07, 6.45) is -0.603. The van der Waals surface area contributed by atoms with Crippen molar-refractivity contribution in [1.82, 2.24) is 0 Å². The molecule has 0 radical (unpaired) electrons. The normalized spacial score (nSPS) is 41.8. The second-order valence-corrected chi connectivity index (χ2v) is 9.51. The zero-order valence-corrected chi connectivity index (χ0v) is 18.9. The van der Waals surface area contributed by atoms with Gasteiger partial charge < -0.3 is 39.7 Å². The van der Waals surface area contributed by atoms with Gasteiger partial charge in [-0.2, -0.15) is 0 Å². The van der Waals surface area contributed by atoms with Crippen molar-refractivity contribution in [2.75, 3.05) is 6.61 Å². The zero-order valence-electron chi connectivity index (χ0n) is 18.9. The van der Waals surface area contributed by atoms with Crippen LogP contribution in [-0.2, 0) is 19.0 Å². The average Bonchev–Trinajstić information content (AvgIpc) is 3.09. The van der Waals surface area contributed by atoms with Gasteiger partial charge in [-0.15, -0.1) is 0 Å². The molecule has 2 saturated carbocycles. The maximum Gasteiger partial charge on any atom is 0.331 e. The summed E-state index contributed by atoms with van der Waals surface area (Å²) >= 11 is 0. The van der Waals surface area contributed by atoms with Gasteiger partial charge in [0.15, 0.2) is 0 Å². The molecule has 1 aromatic rings. The molecule has 0 bridgehead atoms. The molecule has 34 heavy (non-hydrogen) atoms. The Kier molecular flexibility index (Phi) is 7.42. The Labute approximate surface area is 197 Å². The highest BCUT2D eigenvalue weighted by Gasteiger charge is 2.58. The average molecular weight is 477 g/mol. The highest BCUT2D eigenvalue weighted by atomic mass is 16.7. The molecule has 3 aliphatic rings. The Morgan fingerprint density at radius 2 is 1.88 bits per heavy atom. The van der Waals surface area contributed by atoms with Gasteiger partial charge in [-0.1, -0.05) is 30.3 Å². The fourth-order valence-electron chi connectivity index (χ4n) is 5.34. The van der Waals surface area contributed by atoms with E-state index in [0.29, 0.717) is 0 Å². The Bertz CT molecular complexity index is 901. The molecule has 2 unspecified atom stereocenters. The van der Waals surface area contributed by atoms with E-state index >= 15 is 0 Å². The number of ether oxygens (including phenoxy) is 3. The fourth-order valence-corrected chi connectivity index (χ4v) is 5.34. The van der Waals surface area contributed by atoms with E-state index in [-0.39, 0.29) is 19.4 Å². The molecule has 9 heteroatoms. The summed E-state index contributed by atoms with van der Waals surface area (Å²) < 4.78 is 17.5. The second-order valence-electron chi connectivity index (χ2n) is 9.51. The molecule has 0 spiro atoms. The van der Waals surface area contributed by atoms with Gasteiger partial charge in [0, 0.05) is 30.9 Å². The van der Waals surface area contributed by atoms with Crippen molar-refractivity contribution in [2.45, 2.75) is 62.2 Å². The van der Waals surface area contributed by atoms with Crippen LogP contribution in [0.25, 0.3) is 6.08 Å². The number of esters is 1. The maximum absolute atomic E-state index is 12.6. The Morgan fingerprint density at radius 3 is 2.59 bits per heavy atom. The van der Waals surface area contributed by atoms with Crippen molar-refractivity contribution in [3.8, 4) is 0 Å². The molecule has 0 aromatic heterocycles. The molecule has 0 saturated heterocycles. The topological polar surface area (TPSA) is 146 Å². The van der Waals surface area contributed by atoms with Crippen molar-refractivity contribution < 1.29 is 44.5 Å². The lowest BCUT2D eigenvalue weighted by Crippen LogP contribution is -2.57. The number of benzene rings is 1. The first-order chi connectivity index (χ1) is 16.2. The molecular formula is C25H32O9. The van der Waals surface area contributed by atoms with Crippen LogP contribution < -0.4 is 0 Å². The van der Waals surface area contributed by atoms with E-state index in [0.717, 1.165) is 5.56 Å². The first-order valence-electron chi connectivity index (χ1n) is 11.5. The predicted molar refractivity (Wildman–Crippen MR) is 120 cm³/mol. The van der Waals surface area contributed by atoms with Gasteiger partial charge in [0.05, 0.1) is 30.5 Å². The maximum atomic E-state index is 12.6. The zero-order chi connectivity index (χ0) is 24.5. The minimum absolute atomic E-state index is 0.0930. The van der Waals surface area contributed by atoms with E-state index in [2.05, 4.69) is 0 Å². The summed E-state index contributed by atoms with van der Waals surface area (Å²) in [5, 5.41) is 50.9. The van der Waals surface area contributed by atoms with Crippen LogP contribution in [0.2, 0.25) is 0 Å². The molecule has 5 N–H and O–H groups in total. The van der Waals surface area contributed by atoms with Gasteiger partial charge in [-0.05, 0) is 31.1 Å². The molecule has 186 valence electrons. The van der Waals surface area contributed by atoms with Crippen molar-refractivity contribution in [3.63, 3.8) is 0 Å². The lowest BCUT2D eigenvalue weighted by molar-refractivity contribution is -0.259. The monoisotopic (exact) mass is 476 g/mol. The summed E-state index contributed by atoms with van der Waals surface area (Å²) in [5.41, 5.74) is -0.296. The van der Waals surface area contributed by atoms with Crippen molar-refractivity contribution in [2.24, 2.45) is 17.8 Å². The van der Waals surface area contributed by atoms with E-state index in [1.54, 1.807) is 19.1 Å². The molecule has 9 nitrogen and oxygen atoms in total. The Morgan fingerprint density at radius 1 is 1.15 bits per heavy atom. The molecular weight excluding hydrogens is 444 g/mol. The van der Waals surface area contributed by atoms with Crippen molar-refractivity contribution in [1.29, 1.82) is 0 Å². The van der Waals surface area contributed by atoms with Gasteiger partial charge in [-0.3, -0.25) is 0 Å². The summed E-state index contributed by atoms with van der Waals surface area (Å²) in [7, 11) is 0. The Hall–Kier alpha value is -2.27. The summed E-state index contributed by atoms with van der Waals surface area (Å²) in [4.78, 5) is 12.6. The quantitative estimate of drug-likeness (QED) is 0.290. The van der Waals surface area contributed by atoms with E-state index in [1.807, 2.05) is 30.3 Å². The second kappa shape index (κ2) is 10.2. The minimum atomic E-state index is -1.49. The van der Waals surface area contributed by atoms with Crippen molar-refractivity contribution >= 4 is 12.0 Å². The third kappa shape index (κ3) is 4.91. The fraction of sp³-hybridized carbons (Fsp3) is 0.560. The van der Waals surface area contributed by atoms with Crippen LogP contribution in [0.4, 0.5) is 0 Å². The van der Waals surface area contributed by atoms with Crippen LogP contribution in [0.3, 0.4) is 0 Å². The summed E-state index contributed by atoms with van der Waals surface area (Å²) in [5.74, 6) is -2.27. The number of aliphatic hydroxyl groups excluding tert-OH is 5. The molecule has 2 aliphatic carbocycles. The first kappa shape index (κ1) is 24.8.